The predicted octanol–water partition coefficient (Wildman–Crippen LogP) is 5.61. The zero-order valence-corrected chi connectivity index (χ0v) is 19.6. The van der Waals surface area contributed by atoms with Crippen molar-refractivity contribution in [2.24, 2.45) is 0 Å². The van der Waals surface area contributed by atoms with Crippen LogP contribution in [0.15, 0.2) is 86.4 Å². The lowest BCUT2D eigenvalue weighted by molar-refractivity contribution is 0.0996. The normalized spacial score (nSPS) is 10.9. The lowest BCUT2D eigenvalue weighted by atomic mass is 10.1. The van der Waals surface area contributed by atoms with Gasteiger partial charge < -0.3 is 24.2 Å². The molecule has 0 saturated heterocycles. The summed E-state index contributed by atoms with van der Waals surface area (Å²) in [6.07, 6.45) is 0.770. The average Bonchev–Trinajstić information content (AvgIpc) is 3.27. The molecule has 0 aliphatic carbocycles. The van der Waals surface area contributed by atoms with Crippen LogP contribution in [-0.2, 0) is 6.42 Å². The highest BCUT2D eigenvalue weighted by Crippen LogP contribution is 2.32. The zero-order chi connectivity index (χ0) is 25.2. The summed E-state index contributed by atoms with van der Waals surface area (Å²) >= 11 is 0. The van der Waals surface area contributed by atoms with Gasteiger partial charge in [-0.1, -0.05) is 25.1 Å². The van der Waals surface area contributed by atoms with Crippen LogP contribution in [0.25, 0.3) is 21.9 Å². The lowest BCUT2D eigenvalue weighted by Gasteiger charge is -2.08. The van der Waals surface area contributed by atoms with Crippen molar-refractivity contribution in [3.8, 4) is 5.75 Å². The highest BCUT2D eigenvalue weighted by atomic mass is 16.5. The van der Waals surface area contributed by atoms with E-state index < -0.39 is 11.8 Å². The van der Waals surface area contributed by atoms with E-state index in [-0.39, 0.29) is 22.6 Å². The Bertz CT molecular complexity index is 1660. The van der Waals surface area contributed by atoms with Crippen molar-refractivity contribution < 1.29 is 23.2 Å². The van der Waals surface area contributed by atoms with Gasteiger partial charge in [-0.2, -0.15) is 0 Å². The van der Waals surface area contributed by atoms with Crippen molar-refractivity contribution in [3.05, 3.63) is 100 Å². The smallest absolute Gasteiger partial charge is 0.293 e. The Morgan fingerprint density at radius 3 is 2.33 bits per heavy atom. The molecule has 180 valence electrons. The molecule has 2 N–H and O–H groups in total. The van der Waals surface area contributed by atoms with E-state index in [1.807, 2.05) is 13.0 Å². The molecule has 0 unspecified atom stereocenters. The van der Waals surface area contributed by atoms with Crippen LogP contribution in [0.4, 0.5) is 11.4 Å². The van der Waals surface area contributed by atoms with E-state index in [9.17, 15) is 14.4 Å². The number of para-hydroxylation sites is 1. The molecule has 0 aliphatic rings. The van der Waals surface area contributed by atoms with Crippen LogP contribution in [0.3, 0.4) is 0 Å². The number of carbonyl (C=O) groups is 2. The van der Waals surface area contributed by atoms with Gasteiger partial charge in [-0.15, -0.1) is 0 Å². The maximum atomic E-state index is 13.1. The Hall–Kier alpha value is -4.85. The Morgan fingerprint density at radius 2 is 1.58 bits per heavy atom. The number of ether oxygens (including phenoxy) is 1. The maximum absolute atomic E-state index is 13.1. The molecular formula is C28H22N2O6. The van der Waals surface area contributed by atoms with Crippen molar-refractivity contribution in [1.82, 2.24) is 0 Å². The molecule has 0 fully saturated rings. The second-order valence-electron chi connectivity index (χ2n) is 8.10. The van der Waals surface area contributed by atoms with Crippen molar-refractivity contribution >= 4 is 45.1 Å². The molecule has 0 bridgehead atoms. The minimum atomic E-state index is -0.682. The number of methoxy groups -OCH3 is 1. The highest BCUT2D eigenvalue weighted by molar-refractivity contribution is 6.16. The van der Waals surface area contributed by atoms with Crippen LogP contribution >= 0.6 is 0 Å². The first-order valence-electron chi connectivity index (χ1n) is 11.3. The first-order chi connectivity index (χ1) is 17.5. The summed E-state index contributed by atoms with van der Waals surface area (Å²) in [6, 6.07) is 20.2. The minimum absolute atomic E-state index is 0.0870. The van der Waals surface area contributed by atoms with Gasteiger partial charge in [0.25, 0.3) is 11.8 Å². The Kier molecular flexibility index (Phi) is 6.00. The minimum Gasteiger partial charge on any atom is -0.497 e. The summed E-state index contributed by atoms with van der Waals surface area (Å²) < 4.78 is 16.7. The number of hydrogen-bond acceptors (Lipinski definition) is 6. The number of aryl methyl sites for hydroxylation is 1. The van der Waals surface area contributed by atoms with Crippen molar-refractivity contribution in [2.75, 3.05) is 17.7 Å². The zero-order valence-electron chi connectivity index (χ0n) is 19.6. The van der Waals surface area contributed by atoms with Crippen molar-refractivity contribution in [3.63, 3.8) is 0 Å². The number of furan rings is 1. The maximum Gasteiger partial charge on any atom is 0.293 e. The summed E-state index contributed by atoms with van der Waals surface area (Å²) in [5.41, 5.74) is 2.07. The van der Waals surface area contributed by atoms with Gasteiger partial charge in [-0.25, -0.2) is 0 Å². The molecule has 3 aromatic carbocycles. The molecule has 8 heteroatoms. The quantitative estimate of drug-likeness (QED) is 0.325. The fraction of sp³-hybridized carbons (Fsp3) is 0.107. The Balaban J connectivity index is 1.49. The molecule has 0 radical (unpaired) electrons. The third-order valence-electron chi connectivity index (χ3n) is 5.81. The Morgan fingerprint density at radius 1 is 0.833 bits per heavy atom. The number of nitrogens with one attached hydrogen (secondary N) is 2. The number of hydrogen-bond donors (Lipinski definition) is 2. The van der Waals surface area contributed by atoms with E-state index in [1.54, 1.807) is 67.8 Å². The van der Waals surface area contributed by atoms with Gasteiger partial charge in [-0.3, -0.25) is 14.4 Å². The summed E-state index contributed by atoms with van der Waals surface area (Å²) in [5.74, 6) is -0.857. The molecule has 2 aromatic heterocycles. The molecule has 0 atom stereocenters. The van der Waals surface area contributed by atoms with E-state index in [0.717, 1.165) is 18.1 Å². The molecule has 2 heterocycles. The fourth-order valence-corrected chi connectivity index (χ4v) is 3.90. The standard InChI is InChI=1S/C28H22N2O6/c1-3-16-8-13-23-20(14-16)21(31)15-24(35-23)27(32)30-25-19-6-4-5-7-22(19)36-26(25)28(33)29-17-9-11-18(34-2)12-10-17/h4-15H,3H2,1-2H3,(H,29,33)(H,30,32). The predicted molar refractivity (Wildman–Crippen MR) is 137 cm³/mol. The van der Waals surface area contributed by atoms with Crippen LogP contribution in [0.1, 0.15) is 33.6 Å². The van der Waals surface area contributed by atoms with Gasteiger partial charge in [0.05, 0.1) is 12.5 Å². The van der Waals surface area contributed by atoms with Crippen LogP contribution in [0, 0.1) is 0 Å². The van der Waals surface area contributed by atoms with E-state index in [4.69, 9.17) is 13.6 Å². The van der Waals surface area contributed by atoms with Gasteiger partial charge in [0.15, 0.2) is 11.2 Å². The molecular weight excluding hydrogens is 460 g/mol. The number of fused-ring (bicyclic) bond motifs is 2. The largest absolute Gasteiger partial charge is 0.497 e. The first-order valence-corrected chi connectivity index (χ1v) is 11.3. The topological polar surface area (TPSA) is 111 Å². The van der Waals surface area contributed by atoms with Crippen LogP contribution in [-0.4, -0.2) is 18.9 Å². The summed E-state index contributed by atoms with van der Waals surface area (Å²) in [4.78, 5) is 38.9. The monoisotopic (exact) mass is 482 g/mol. The van der Waals surface area contributed by atoms with E-state index in [0.29, 0.717) is 33.4 Å². The molecule has 0 spiro atoms. The van der Waals surface area contributed by atoms with Gasteiger partial charge in [-0.05, 0) is 60.5 Å². The molecule has 5 aromatic rings. The van der Waals surface area contributed by atoms with Gasteiger partial charge in [0.1, 0.15) is 22.6 Å². The van der Waals surface area contributed by atoms with Gasteiger partial charge in [0, 0.05) is 17.1 Å². The lowest BCUT2D eigenvalue weighted by Crippen LogP contribution is -2.18. The molecule has 36 heavy (non-hydrogen) atoms. The molecule has 0 saturated carbocycles. The highest BCUT2D eigenvalue weighted by Gasteiger charge is 2.24. The first kappa shape index (κ1) is 22.9. The number of benzene rings is 3. The van der Waals surface area contributed by atoms with Gasteiger partial charge in [0.2, 0.25) is 5.76 Å². The second kappa shape index (κ2) is 9.42. The third kappa shape index (κ3) is 4.32. The van der Waals surface area contributed by atoms with E-state index in [2.05, 4.69) is 10.6 Å². The average molecular weight is 482 g/mol. The summed E-state index contributed by atoms with van der Waals surface area (Å²) in [5, 5.41) is 6.39. The SMILES string of the molecule is CCc1ccc2oc(C(=O)Nc3c(C(=O)Nc4ccc(OC)cc4)oc4ccccc34)cc(=O)c2c1. The number of anilines is 2. The summed E-state index contributed by atoms with van der Waals surface area (Å²) in [7, 11) is 1.55. The van der Waals surface area contributed by atoms with Crippen LogP contribution < -0.4 is 20.8 Å². The summed E-state index contributed by atoms with van der Waals surface area (Å²) in [6.45, 7) is 1.99. The number of rotatable bonds is 6. The van der Waals surface area contributed by atoms with Crippen LogP contribution in [0.5, 0.6) is 5.75 Å². The van der Waals surface area contributed by atoms with Crippen molar-refractivity contribution in [1.29, 1.82) is 0 Å². The molecule has 0 aliphatic heterocycles. The molecule has 5 rings (SSSR count). The second-order valence-corrected chi connectivity index (χ2v) is 8.10. The number of carbonyl (C=O) groups excluding carboxylic acids is 2. The molecule has 8 nitrogen and oxygen atoms in total. The molecule has 2 amide bonds. The van der Waals surface area contributed by atoms with Crippen molar-refractivity contribution in [2.45, 2.75) is 13.3 Å². The van der Waals surface area contributed by atoms with E-state index >= 15 is 0 Å². The van der Waals surface area contributed by atoms with Crippen LogP contribution in [0.2, 0.25) is 0 Å². The third-order valence-corrected chi connectivity index (χ3v) is 5.81. The Labute approximate surface area is 205 Å². The van der Waals surface area contributed by atoms with Gasteiger partial charge >= 0.3 is 0 Å². The van der Waals surface area contributed by atoms with E-state index in [1.165, 1.54) is 0 Å². The number of amides is 2. The fourth-order valence-electron chi connectivity index (χ4n) is 3.90.